The van der Waals surface area contributed by atoms with Crippen LogP contribution in [-0.2, 0) is 0 Å². The first-order valence-electron chi connectivity index (χ1n) is 9.51. The van der Waals surface area contributed by atoms with Crippen molar-refractivity contribution in [1.29, 1.82) is 0 Å². The zero-order valence-corrected chi connectivity index (χ0v) is 16.3. The van der Waals surface area contributed by atoms with Crippen molar-refractivity contribution in [3.05, 3.63) is 48.8 Å². The molecule has 7 nitrogen and oxygen atoms in total. The summed E-state index contributed by atoms with van der Waals surface area (Å²) < 4.78 is 15.2. The zero-order chi connectivity index (χ0) is 19.9. The van der Waals surface area contributed by atoms with Crippen molar-refractivity contribution < 1.29 is 4.39 Å². The molecule has 1 aliphatic rings. The molecule has 1 aliphatic heterocycles. The average molecular weight is 381 g/mol. The number of rotatable bonds is 4. The SMILES string of the molecule is CC.CC1CCCN1c1nc(-c2ccccn2)nc(Nc2cnccn2)c1F. The maximum absolute atomic E-state index is 15.2. The van der Waals surface area contributed by atoms with Crippen molar-refractivity contribution in [3.63, 3.8) is 0 Å². The average Bonchev–Trinajstić information content (AvgIpc) is 3.18. The molecule has 0 bridgehead atoms. The van der Waals surface area contributed by atoms with Crippen LogP contribution in [0.5, 0.6) is 0 Å². The summed E-state index contributed by atoms with van der Waals surface area (Å²) in [7, 11) is 0. The largest absolute Gasteiger partial charge is 0.351 e. The number of aromatic nitrogens is 5. The number of hydrogen-bond acceptors (Lipinski definition) is 7. The van der Waals surface area contributed by atoms with Crippen LogP contribution in [0.2, 0.25) is 0 Å². The first-order valence-corrected chi connectivity index (χ1v) is 9.51. The molecule has 0 amide bonds. The van der Waals surface area contributed by atoms with E-state index in [4.69, 9.17) is 0 Å². The molecule has 0 aliphatic carbocycles. The third kappa shape index (κ3) is 4.21. The van der Waals surface area contributed by atoms with Gasteiger partial charge in [-0.05, 0) is 31.9 Å². The minimum atomic E-state index is -0.496. The quantitative estimate of drug-likeness (QED) is 0.724. The molecule has 1 unspecified atom stereocenters. The van der Waals surface area contributed by atoms with E-state index in [0.29, 0.717) is 17.3 Å². The maximum atomic E-state index is 15.2. The number of pyridine rings is 1. The molecule has 4 rings (SSSR count). The van der Waals surface area contributed by atoms with Crippen molar-refractivity contribution in [2.75, 3.05) is 16.8 Å². The lowest BCUT2D eigenvalue weighted by Gasteiger charge is -2.24. The lowest BCUT2D eigenvalue weighted by atomic mass is 10.2. The molecule has 0 spiro atoms. The van der Waals surface area contributed by atoms with E-state index in [9.17, 15) is 0 Å². The fourth-order valence-electron chi connectivity index (χ4n) is 3.05. The molecule has 4 heterocycles. The van der Waals surface area contributed by atoms with E-state index >= 15 is 4.39 Å². The highest BCUT2D eigenvalue weighted by Gasteiger charge is 2.27. The number of halogens is 1. The molecular weight excluding hydrogens is 357 g/mol. The van der Waals surface area contributed by atoms with Crippen LogP contribution in [0.3, 0.4) is 0 Å². The minimum absolute atomic E-state index is 0.0650. The summed E-state index contributed by atoms with van der Waals surface area (Å²) in [5.74, 6) is 0.640. The third-order valence-electron chi connectivity index (χ3n) is 4.36. The molecule has 0 saturated carbocycles. The molecule has 1 saturated heterocycles. The summed E-state index contributed by atoms with van der Waals surface area (Å²) in [6.45, 7) is 6.84. The Labute approximate surface area is 164 Å². The molecule has 3 aromatic rings. The summed E-state index contributed by atoms with van der Waals surface area (Å²) in [5.41, 5.74) is 0.586. The first-order chi connectivity index (χ1) is 13.7. The summed E-state index contributed by atoms with van der Waals surface area (Å²) in [4.78, 5) is 23.2. The van der Waals surface area contributed by atoms with E-state index in [1.807, 2.05) is 30.9 Å². The Bertz CT molecular complexity index is 890. The standard InChI is InChI=1S/C18H18FN7.C2H6/c1-12-5-4-10-26(12)18-15(19)17(23-14-11-20-8-9-22-14)24-16(25-18)13-6-2-3-7-21-13;1-2/h2-3,6-9,11-12H,4-5,10H2,1H3,(H,22,23,24,25);1-2H3. The van der Waals surface area contributed by atoms with Crippen molar-refractivity contribution in [1.82, 2.24) is 24.9 Å². The van der Waals surface area contributed by atoms with E-state index in [0.717, 1.165) is 19.4 Å². The van der Waals surface area contributed by atoms with E-state index in [-0.39, 0.29) is 17.7 Å². The maximum Gasteiger partial charge on any atom is 0.208 e. The smallest absolute Gasteiger partial charge is 0.208 e. The number of anilines is 3. The van der Waals surface area contributed by atoms with Crippen molar-refractivity contribution in [2.24, 2.45) is 0 Å². The van der Waals surface area contributed by atoms with Gasteiger partial charge in [-0.3, -0.25) is 9.97 Å². The van der Waals surface area contributed by atoms with Crippen LogP contribution in [0.1, 0.15) is 33.6 Å². The Balaban J connectivity index is 0.00000109. The molecular formula is C20H24FN7. The second-order valence-electron chi connectivity index (χ2n) is 6.15. The second kappa shape index (κ2) is 9.16. The Morgan fingerprint density at radius 2 is 1.96 bits per heavy atom. The van der Waals surface area contributed by atoms with Gasteiger partial charge in [0.25, 0.3) is 0 Å². The van der Waals surface area contributed by atoms with Crippen molar-refractivity contribution in [3.8, 4) is 11.5 Å². The van der Waals surface area contributed by atoms with Crippen LogP contribution >= 0.6 is 0 Å². The number of nitrogens with zero attached hydrogens (tertiary/aromatic N) is 6. The summed E-state index contributed by atoms with van der Waals surface area (Å²) in [6, 6.07) is 5.69. The van der Waals surface area contributed by atoms with E-state index < -0.39 is 5.82 Å². The van der Waals surface area contributed by atoms with Gasteiger partial charge in [-0.15, -0.1) is 0 Å². The molecule has 1 fully saturated rings. The lowest BCUT2D eigenvalue weighted by Crippen LogP contribution is -2.29. The molecule has 3 aromatic heterocycles. The topological polar surface area (TPSA) is 79.7 Å². The monoisotopic (exact) mass is 381 g/mol. The van der Waals surface area contributed by atoms with Gasteiger partial charge in [-0.2, -0.15) is 4.39 Å². The molecule has 8 heteroatoms. The Morgan fingerprint density at radius 3 is 2.61 bits per heavy atom. The third-order valence-corrected chi connectivity index (χ3v) is 4.36. The molecule has 0 radical (unpaired) electrons. The van der Waals surface area contributed by atoms with Crippen LogP contribution in [0, 0.1) is 5.82 Å². The minimum Gasteiger partial charge on any atom is -0.351 e. The molecule has 28 heavy (non-hydrogen) atoms. The van der Waals surface area contributed by atoms with Gasteiger partial charge in [0, 0.05) is 31.2 Å². The van der Waals surface area contributed by atoms with E-state index in [2.05, 4.69) is 37.2 Å². The van der Waals surface area contributed by atoms with Gasteiger partial charge in [0.05, 0.1) is 6.20 Å². The summed E-state index contributed by atoms with van der Waals surface area (Å²) in [5, 5.41) is 2.91. The predicted octanol–water partition coefficient (Wildman–Crippen LogP) is 4.23. The number of nitrogens with one attached hydrogen (secondary N) is 1. The fourth-order valence-corrected chi connectivity index (χ4v) is 3.05. The van der Waals surface area contributed by atoms with Gasteiger partial charge >= 0.3 is 0 Å². The summed E-state index contributed by atoms with van der Waals surface area (Å²) >= 11 is 0. The van der Waals surface area contributed by atoms with Gasteiger partial charge in [0.2, 0.25) is 5.82 Å². The highest BCUT2D eigenvalue weighted by atomic mass is 19.1. The fraction of sp³-hybridized carbons (Fsp3) is 0.350. The van der Waals surface area contributed by atoms with Crippen LogP contribution in [0.4, 0.5) is 21.8 Å². The molecule has 146 valence electrons. The van der Waals surface area contributed by atoms with Crippen LogP contribution in [0.15, 0.2) is 43.0 Å². The Kier molecular flexibility index (Phi) is 6.41. The first kappa shape index (κ1) is 19.6. The Hall–Kier alpha value is -3.16. The van der Waals surface area contributed by atoms with Crippen LogP contribution < -0.4 is 10.2 Å². The zero-order valence-electron chi connectivity index (χ0n) is 16.3. The van der Waals surface area contributed by atoms with Crippen molar-refractivity contribution >= 4 is 17.5 Å². The van der Waals surface area contributed by atoms with Gasteiger partial charge in [0.15, 0.2) is 17.5 Å². The Morgan fingerprint density at radius 1 is 1.11 bits per heavy atom. The highest BCUT2D eigenvalue weighted by Crippen LogP contribution is 2.31. The normalized spacial score (nSPS) is 15.7. The van der Waals surface area contributed by atoms with Crippen LogP contribution in [-0.4, -0.2) is 37.5 Å². The lowest BCUT2D eigenvalue weighted by molar-refractivity contribution is 0.603. The van der Waals surface area contributed by atoms with E-state index in [1.54, 1.807) is 18.5 Å². The van der Waals surface area contributed by atoms with Gasteiger partial charge in [-0.25, -0.2) is 15.0 Å². The van der Waals surface area contributed by atoms with Gasteiger partial charge in [0.1, 0.15) is 11.5 Å². The van der Waals surface area contributed by atoms with Gasteiger partial charge < -0.3 is 10.2 Å². The van der Waals surface area contributed by atoms with Gasteiger partial charge in [-0.1, -0.05) is 19.9 Å². The van der Waals surface area contributed by atoms with Crippen molar-refractivity contribution in [2.45, 2.75) is 39.7 Å². The molecule has 0 aromatic carbocycles. The second-order valence-corrected chi connectivity index (χ2v) is 6.15. The summed E-state index contributed by atoms with van der Waals surface area (Å²) in [6.07, 6.45) is 8.28. The molecule has 1 N–H and O–H groups in total. The highest BCUT2D eigenvalue weighted by molar-refractivity contribution is 5.63. The number of hydrogen-bond donors (Lipinski definition) is 1. The molecule has 1 atom stereocenters. The predicted molar refractivity (Wildman–Crippen MR) is 108 cm³/mol. The van der Waals surface area contributed by atoms with E-state index in [1.165, 1.54) is 12.4 Å². The van der Waals surface area contributed by atoms with Crippen LogP contribution in [0.25, 0.3) is 11.5 Å².